The SMILES string of the molecule is C[C@@H](NC(=O)CSc1ccc(S(=O)(=O)N2CCCC2)cn1)c1cc2ccccc2o1. The van der Waals surface area contributed by atoms with Crippen molar-refractivity contribution >= 4 is 38.7 Å². The van der Waals surface area contributed by atoms with Gasteiger partial charge in [0.1, 0.15) is 16.2 Å². The standard InChI is InChI=1S/C21H23N3O4S2/c1-15(19-12-16-6-2-3-7-18(16)28-19)23-20(25)14-29-21-9-8-17(13-22-21)30(26,27)24-10-4-5-11-24/h2-3,6-9,12-13,15H,4-5,10-11,14H2,1H3,(H,23,25)/t15-/m1/s1. The van der Waals surface area contributed by atoms with Crippen LogP contribution < -0.4 is 5.32 Å². The Kier molecular flexibility index (Phi) is 6.12. The Morgan fingerprint density at radius 3 is 2.70 bits per heavy atom. The third kappa shape index (κ3) is 4.53. The lowest BCUT2D eigenvalue weighted by Gasteiger charge is -2.15. The van der Waals surface area contributed by atoms with E-state index in [0.717, 1.165) is 23.8 Å². The molecule has 1 aliphatic heterocycles. The lowest BCUT2D eigenvalue weighted by atomic mass is 10.2. The molecule has 1 aromatic carbocycles. The van der Waals surface area contributed by atoms with E-state index in [9.17, 15) is 13.2 Å². The highest BCUT2D eigenvalue weighted by atomic mass is 32.2. The number of hydrogen-bond donors (Lipinski definition) is 1. The molecule has 4 rings (SSSR count). The molecule has 3 heterocycles. The second-order valence-electron chi connectivity index (χ2n) is 7.21. The van der Waals surface area contributed by atoms with E-state index in [1.807, 2.05) is 37.3 Å². The number of nitrogens with one attached hydrogen (secondary N) is 1. The number of rotatable bonds is 7. The van der Waals surface area contributed by atoms with Gasteiger partial charge in [-0.15, -0.1) is 0 Å². The number of benzene rings is 1. The van der Waals surface area contributed by atoms with Crippen LogP contribution in [-0.2, 0) is 14.8 Å². The Labute approximate surface area is 179 Å². The predicted molar refractivity (Wildman–Crippen MR) is 116 cm³/mol. The van der Waals surface area contributed by atoms with E-state index >= 15 is 0 Å². The van der Waals surface area contributed by atoms with Crippen molar-refractivity contribution in [2.45, 2.75) is 35.7 Å². The number of thioether (sulfide) groups is 1. The Morgan fingerprint density at radius 2 is 2.00 bits per heavy atom. The molecule has 9 heteroatoms. The normalized spacial score (nSPS) is 16.0. The molecule has 30 heavy (non-hydrogen) atoms. The van der Waals surface area contributed by atoms with Crippen molar-refractivity contribution in [2.75, 3.05) is 18.8 Å². The van der Waals surface area contributed by atoms with Crippen LogP contribution in [-0.4, -0.2) is 42.5 Å². The van der Waals surface area contributed by atoms with Crippen LogP contribution in [0.4, 0.5) is 0 Å². The number of sulfonamides is 1. The van der Waals surface area contributed by atoms with Crippen molar-refractivity contribution in [3.8, 4) is 0 Å². The van der Waals surface area contributed by atoms with E-state index in [2.05, 4.69) is 10.3 Å². The molecule has 1 amide bonds. The molecule has 3 aromatic rings. The summed E-state index contributed by atoms with van der Waals surface area (Å²) in [5.41, 5.74) is 0.788. The number of amides is 1. The third-order valence-corrected chi connectivity index (χ3v) is 7.84. The van der Waals surface area contributed by atoms with Gasteiger partial charge in [-0.2, -0.15) is 4.31 Å². The Balaban J connectivity index is 1.32. The molecule has 1 N–H and O–H groups in total. The molecule has 0 spiro atoms. The average Bonchev–Trinajstić information content (AvgIpc) is 3.43. The summed E-state index contributed by atoms with van der Waals surface area (Å²) in [6.07, 6.45) is 3.15. The van der Waals surface area contributed by atoms with Gasteiger partial charge in [0.15, 0.2) is 0 Å². The zero-order valence-corrected chi connectivity index (χ0v) is 18.2. The molecule has 0 aliphatic carbocycles. The van der Waals surface area contributed by atoms with Crippen LogP contribution >= 0.6 is 11.8 Å². The number of hydrogen-bond acceptors (Lipinski definition) is 6. The molecule has 1 saturated heterocycles. The quantitative estimate of drug-likeness (QED) is 0.559. The van der Waals surface area contributed by atoms with Crippen molar-refractivity contribution in [1.29, 1.82) is 0 Å². The molecule has 1 aliphatic rings. The van der Waals surface area contributed by atoms with E-state index in [4.69, 9.17) is 4.42 Å². The van der Waals surface area contributed by atoms with Crippen molar-refractivity contribution in [1.82, 2.24) is 14.6 Å². The maximum atomic E-state index is 12.5. The molecule has 7 nitrogen and oxygen atoms in total. The van der Waals surface area contributed by atoms with Gasteiger partial charge in [-0.25, -0.2) is 13.4 Å². The molecule has 0 unspecified atom stereocenters. The summed E-state index contributed by atoms with van der Waals surface area (Å²) in [4.78, 5) is 16.7. The number of furan rings is 1. The van der Waals surface area contributed by atoms with Gasteiger partial charge in [0, 0.05) is 24.7 Å². The number of nitrogens with zero attached hydrogens (tertiary/aromatic N) is 2. The first kappa shape index (κ1) is 20.9. The number of pyridine rings is 1. The zero-order chi connectivity index (χ0) is 21.1. The highest BCUT2D eigenvalue weighted by molar-refractivity contribution is 7.99. The van der Waals surface area contributed by atoms with Crippen molar-refractivity contribution in [2.24, 2.45) is 0 Å². The smallest absolute Gasteiger partial charge is 0.244 e. The first-order valence-electron chi connectivity index (χ1n) is 9.80. The van der Waals surface area contributed by atoms with Crippen molar-refractivity contribution in [3.63, 3.8) is 0 Å². The summed E-state index contributed by atoms with van der Waals surface area (Å²) in [7, 11) is -3.47. The fourth-order valence-electron chi connectivity index (χ4n) is 3.39. The topological polar surface area (TPSA) is 92.5 Å². The van der Waals surface area contributed by atoms with Gasteiger partial charge >= 0.3 is 0 Å². The summed E-state index contributed by atoms with van der Waals surface area (Å²) >= 11 is 1.26. The largest absolute Gasteiger partial charge is 0.459 e. The third-order valence-electron chi connectivity index (χ3n) is 5.01. The molecular weight excluding hydrogens is 422 g/mol. The molecule has 0 bridgehead atoms. The Bertz CT molecular complexity index is 1100. The van der Waals surface area contributed by atoms with Crippen LogP contribution in [0, 0.1) is 0 Å². The van der Waals surface area contributed by atoms with Crippen LogP contribution in [0.15, 0.2) is 63.0 Å². The minimum Gasteiger partial charge on any atom is -0.459 e. The maximum Gasteiger partial charge on any atom is 0.244 e. The number of carbonyl (C=O) groups is 1. The lowest BCUT2D eigenvalue weighted by Crippen LogP contribution is -2.28. The second-order valence-corrected chi connectivity index (χ2v) is 10.1. The number of fused-ring (bicyclic) bond motifs is 1. The van der Waals surface area contributed by atoms with Gasteiger partial charge in [0.25, 0.3) is 0 Å². The predicted octanol–water partition coefficient (Wildman–Crippen LogP) is 3.58. The molecule has 2 aromatic heterocycles. The van der Waals surface area contributed by atoms with E-state index in [1.54, 1.807) is 12.1 Å². The first-order valence-corrected chi connectivity index (χ1v) is 12.2. The number of carbonyl (C=O) groups excluding carboxylic acids is 1. The minimum atomic E-state index is -3.47. The highest BCUT2D eigenvalue weighted by Gasteiger charge is 2.27. The molecular formula is C21H23N3O4S2. The van der Waals surface area contributed by atoms with Crippen LogP contribution in [0.25, 0.3) is 11.0 Å². The van der Waals surface area contributed by atoms with Gasteiger partial charge in [-0.1, -0.05) is 30.0 Å². The van der Waals surface area contributed by atoms with Crippen LogP contribution in [0.2, 0.25) is 0 Å². The van der Waals surface area contributed by atoms with Gasteiger partial charge in [0.05, 0.1) is 16.8 Å². The second kappa shape index (κ2) is 8.79. The van der Waals surface area contributed by atoms with Crippen LogP contribution in [0.1, 0.15) is 31.6 Å². The summed E-state index contributed by atoms with van der Waals surface area (Å²) in [6.45, 7) is 2.99. The summed E-state index contributed by atoms with van der Waals surface area (Å²) in [6, 6.07) is 12.6. The van der Waals surface area contributed by atoms with E-state index in [0.29, 0.717) is 23.9 Å². The number of para-hydroxylation sites is 1. The summed E-state index contributed by atoms with van der Waals surface area (Å²) in [5.74, 6) is 0.725. The van der Waals surface area contributed by atoms with Crippen LogP contribution in [0.5, 0.6) is 0 Å². The van der Waals surface area contributed by atoms with Gasteiger partial charge in [0.2, 0.25) is 15.9 Å². The molecule has 1 atom stereocenters. The Morgan fingerprint density at radius 1 is 1.23 bits per heavy atom. The first-order chi connectivity index (χ1) is 14.4. The van der Waals surface area contributed by atoms with Gasteiger partial charge in [-0.3, -0.25) is 4.79 Å². The zero-order valence-electron chi connectivity index (χ0n) is 16.6. The van der Waals surface area contributed by atoms with Gasteiger partial charge in [-0.05, 0) is 44.0 Å². The average molecular weight is 446 g/mol. The highest BCUT2D eigenvalue weighted by Crippen LogP contribution is 2.25. The fourth-order valence-corrected chi connectivity index (χ4v) is 5.51. The van der Waals surface area contributed by atoms with E-state index in [1.165, 1.54) is 22.3 Å². The van der Waals surface area contributed by atoms with Crippen molar-refractivity contribution < 1.29 is 17.6 Å². The monoisotopic (exact) mass is 445 g/mol. The lowest BCUT2D eigenvalue weighted by molar-refractivity contribution is -0.119. The number of aromatic nitrogens is 1. The van der Waals surface area contributed by atoms with Crippen LogP contribution in [0.3, 0.4) is 0 Å². The molecule has 158 valence electrons. The van der Waals surface area contributed by atoms with E-state index < -0.39 is 10.0 Å². The molecule has 0 radical (unpaired) electrons. The molecule has 0 saturated carbocycles. The van der Waals surface area contributed by atoms with Gasteiger partial charge < -0.3 is 9.73 Å². The van der Waals surface area contributed by atoms with Crippen molar-refractivity contribution in [3.05, 3.63) is 54.4 Å². The maximum absolute atomic E-state index is 12.5. The summed E-state index contributed by atoms with van der Waals surface area (Å²) < 4.78 is 32.4. The van der Waals surface area contributed by atoms with E-state index in [-0.39, 0.29) is 22.6 Å². The Hall–Kier alpha value is -2.36. The summed E-state index contributed by atoms with van der Waals surface area (Å²) in [5, 5.41) is 4.51. The fraction of sp³-hybridized carbons (Fsp3) is 0.333. The molecule has 1 fully saturated rings. The minimum absolute atomic E-state index is 0.150.